The van der Waals surface area contributed by atoms with Gasteiger partial charge in [0.25, 0.3) is 0 Å². The second-order valence-corrected chi connectivity index (χ2v) is 4.88. The summed E-state index contributed by atoms with van der Waals surface area (Å²) in [7, 11) is 0. The minimum absolute atomic E-state index is 0.728. The number of hydrogen-bond acceptors (Lipinski definition) is 3. The number of aryl methyl sites for hydroxylation is 1. The summed E-state index contributed by atoms with van der Waals surface area (Å²) in [5.41, 5.74) is 5.49. The van der Waals surface area contributed by atoms with Crippen LogP contribution in [0.15, 0.2) is 54.7 Å². The van der Waals surface area contributed by atoms with E-state index in [-0.39, 0.29) is 0 Å². The highest BCUT2D eigenvalue weighted by Gasteiger charge is 2.00. The van der Waals surface area contributed by atoms with Gasteiger partial charge >= 0.3 is 0 Å². The summed E-state index contributed by atoms with van der Waals surface area (Å²) in [6.07, 6.45) is 1.84. The lowest BCUT2D eigenvalue weighted by molar-refractivity contribution is 0.677. The Bertz CT molecular complexity index is 722. The van der Waals surface area contributed by atoms with Crippen LogP contribution < -0.4 is 5.32 Å². The highest BCUT2D eigenvalue weighted by atomic mass is 14.9. The molecule has 0 saturated heterocycles. The molecule has 3 aromatic rings. The number of nitrogens with one attached hydrogen (secondary N) is 1. The van der Waals surface area contributed by atoms with Crippen molar-refractivity contribution in [3.05, 3.63) is 71.5 Å². The third-order valence-electron chi connectivity index (χ3n) is 3.38. The number of benzene rings is 2. The fraction of sp³-hybridized carbons (Fsp3) is 0.176. The summed E-state index contributed by atoms with van der Waals surface area (Å²) in [5.74, 6) is 0. The van der Waals surface area contributed by atoms with E-state index in [1.807, 2.05) is 30.5 Å². The average molecular weight is 263 g/mol. The third-order valence-corrected chi connectivity index (χ3v) is 3.38. The van der Waals surface area contributed by atoms with Crippen molar-refractivity contribution in [2.24, 2.45) is 0 Å². The van der Waals surface area contributed by atoms with Crippen LogP contribution in [0, 0.1) is 6.92 Å². The minimum Gasteiger partial charge on any atom is -0.307 e. The van der Waals surface area contributed by atoms with Crippen molar-refractivity contribution in [2.75, 3.05) is 0 Å². The van der Waals surface area contributed by atoms with E-state index in [4.69, 9.17) is 0 Å². The molecule has 0 fully saturated rings. The Kier molecular flexibility index (Phi) is 3.70. The van der Waals surface area contributed by atoms with Crippen LogP contribution in [0.3, 0.4) is 0 Å². The van der Waals surface area contributed by atoms with Gasteiger partial charge < -0.3 is 5.32 Å². The second-order valence-electron chi connectivity index (χ2n) is 4.88. The Labute approximate surface area is 118 Å². The third kappa shape index (κ3) is 2.83. The Morgan fingerprint density at radius 1 is 0.900 bits per heavy atom. The smallest absolute Gasteiger partial charge is 0.0890 e. The van der Waals surface area contributed by atoms with Crippen molar-refractivity contribution in [1.82, 2.24) is 15.3 Å². The summed E-state index contributed by atoms with van der Waals surface area (Å²) in [4.78, 5) is 9.03. The molecule has 0 amide bonds. The molecular formula is C17H17N3. The van der Waals surface area contributed by atoms with Gasteiger partial charge in [0.15, 0.2) is 0 Å². The molecule has 100 valence electrons. The van der Waals surface area contributed by atoms with Crippen molar-refractivity contribution < 1.29 is 0 Å². The van der Waals surface area contributed by atoms with Crippen LogP contribution in [0.5, 0.6) is 0 Å². The van der Waals surface area contributed by atoms with Crippen LogP contribution in [0.2, 0.25) is 0 Å². The standard InChI is InChI=1S/C17H17N3/c1-13-6-2-3-7-14(13)10-18-11-15-12-19-16-8-4-5-9-17(16)20-15/h2-9,12,18H,10-11H2,1H3. The van der Waals surface area contributed by atoms with E-state index in [0.29, 0.717) is 0 Å². The number of para-hydroxylation sites is 2. The molecule has 0 aliphatic carbocycles. The van der Waals surface area contributed by atoms with Gasteiger partial charge in [-0.25, -0.2) is 4.98 Å². The maximum atomic E-state index is 4.60. The highest BCUT2D eigenvalue weighted by molar-refractivity contribution is 5.73. The lowest BCUT2D eigenvalue weighted by atomic mass is 10.1. The zero-order chi connectivity index (χ0) is 13.8. The molecular weight excluding hydrogens is 246 g/mol. The first kappa shape index (κ1) is 12.8. The molecule has 0 aliphatic heterocycles. The van der Waals surface area contributed by atoms with Gasteiger partial charge in [-0.1, -0.05) is 36.4 Å². The predicted octanol–water partition coefficient (Wildman–Crippen LogP) is 3.23. The number of nitrogens with zero attached hydrogens (tertiary/aromatic N) is 2. The van der Waals surface area contributed by atoms with Gasteiger partial charge in [0.05, 0.1) is 22.9 Å². The van der Waals surface area contributed by atoms with Gasteiger partial charge in [-0.15, -0.1) is 0 Å². The van der Waals surface area contributed by atoms with Crippen LogP contribution in [0.4, 0.5) is 0 Å². The summed E-state index contributed by atoms with van der Waals surface area (Å²) in [5, 5.41) is 3.42. The van der Waals surface area contributed by atoms with Gasteiger partial charge in [0.2, 0.25) is 0 Å². The summed E-state index contributed by atoms with van der Waals surface area (Å²) < 4.78 is 0. The molecule has 0 saturated carbocycles. The Hall–Kier alpha value is -2.26. The first-order chi connectivity index (χ1) is 9.83. The topological polar surface area (TPSA) is 37.8 Å². The number of aromatic nitrogens is 2. The number of fused-ring (bicyclic) bond motifs is 1. The highest BCUT2D eigenvalue weighted by Crippen LogP contribution is 2.09. The van der Waals surface area contributed by atoms with Crippen molar-refractivity contribution in [3.8, 4) is 0 Å². The summed E-state index contributed by atoms with van der Waals surface area (Å²) in [6.45, 7) is 3.71. The summed E-state index contributed by atoms with van der Waals surface area (Å²) >= 11 is 0. The van der Waals surface area contributed by atoms with Crippen LogP contribution >= 0.6 is 0 Å². The van der Waals surface area contributed by atoms with E-state index in [9.17, 15) is 0 Å². The normalized spacial score (nSPS) is 10.8. The predicted molar refractivity (Wildman–Crippen MR) is 81.3 cm³/mol. The van der Waals surface area contributed by atoms with E-state index in [0.717, 1.165) is 29.8 Å². The quantitative estimate of drug-likeness (QED) is 0.785. The molecule has 3 rings (SSSR count). The van der Waals surface area contributed by atoms with Crippen LogP contribution in [-0.2, 0) is 13.1 Å². The molecule has 1 N–H and O–H groups in total. The molecule has 1 heterocycles. The molecule has 0 radical (unpaired) electrons. The number of hydrogen-bond donors (Lipinski definition) is 1. The van der Waals surface area contributed by atoms with E-state index in [1.165, 1.54) is 11.1 Å². The molecule has 0 aliphatic rings. The number of rotatable bonds is 4. The second kappa shape index (κ2) is 5.80. The summed E-state index contributed by atoms with van der Waals surface area (Å²) in [6, 6.07) is 16.4. The molecule has 1 aromatic heterocycles. The maximum absolute atomic E-state index is 4.60. The zero-order valence-electron chi connectivity index (χ0n) is 11.5. The van der Waals surface area contributed by atoms with E-state index in [2.05, 4.69) is 46.5 Å². The van der Waals surface area contributed by atoms with Crippen molar-refractivity contribution >= 4 is 11.0 Å². The lowest BCUT2D eigenvalue weighted by Crippen LogP contribution is -2.14. The van der Waals surface area contributed by atoms with Crippen molar-refractivity contribution in [3.63, 3.8) is 0 Å². The molecule has 0 unspecified atom stereocenters. The molecule has 0 atom stereocenters. The minimum atomic E-state index is 0.728. The molecule has 3 heteroatoms. The average Bonchev–Trinajstić information content (AvgIpc) is 2.49. The van der Waals surface area contributed by atoms with Crippen LogP contribution in [0.1, 0.15) is 16.8 Å². The molecule has 20 heavy (non-hydrogen) atoms. The zero-order valence-corrected chi connectivity index (χ0v) is 11.5. The molecule has 0 bridgehead atoms. The largest absolute Gasteiger partial charge is 0.307 e. The van der Waals surface area contributed by atoms with E-state index >= 15 is 0 Å². The van der Waals surface area contributed by atoms with Gasteiger partial charge in [-0.3, -0.25) is 4.98 Å². The first-order valence-electron chi connectivity index (χ1n) is 6.79. The SMILES string of the molecule is Cc1ccccc1CNCc1cnc2ccccc2n1. The van der Waals surface area contributed by atoms with E-state index in [1.54, 1.807) is 0 Å². The van der Waals surface area contributed by atoms with E-state index < -0.39 is 0 Å². The van der Waals surface area contributed by atoms with Gasteiger partial charge in [0.1, 0.15) is 0 Å². The van der Waals surface area contributed by atoms with Gasteiger partial charge in [-0.2, -0.15) is 0 Å². The monoisotopic (exact) mass is 263 g/mol. The van der Waals surface area contributed by atoms with Crippen LogP contribution in [0.25, 0.3) is 11.0 Å². The Morgan fingerprint density at radius 3 is 2.50 bits per heavy atom. The Balaban J connectivity index is 1.67. The van der Waals surface area contributed by atoms with Crippen LogP contribution in [-0.4, -0.2) is 9.97 Å². The first-order valence-corrected chi connectivity index (χ1v) is 6.79. The Morgan fingerprint density at radius 2 is 1.65 bits per heavy atom. The maximum Gasteiger partial charge on any atom is 0.0890 e. The fourth-order valence-corrected chi connectivity index (χ4v) is 2.21. The van der Waals surface area contributed by atoms with Gasteiger partial charge in [-0.05, 0) is 30.2 Å². The molecule has 3 nitrogen and oxygen atoms in total. The molecule has 2 aromatic carbocycles. The van der Waals surface area contributed by atoms with Crippen molar-refractivity contribution in [1.29, 1.82) is 0 Å². The molecule has 0 spiro atoms. The lowest BCUT2D eigenvalue weighted by Gasteiger charge is -2.07. The van der Waals surface area contributed by atoms with Crippen molar-refractivity contribution in [2.45, 2.75) is 20.0 Å². The fourth-order valence-electron chi connectivity index (χ4n) is 2.21. The van der Waals surface area contributed by atoms with Gasteiger partial charge in [0, 0.05) is 13.1 Å².